The molecule has 0 aromatic carbocycles. The highest BCUT2D eigenvalue weighted by Crippen LogP contribution is 1.93. The number of hydrogen-bond acceptors (Lipinski definition) is 1. The minimum Gasteiger partial charge on any atom is -0.470 e. The van der Waals surface area contributed by atoms with Crippen molar-refractivity contribution in [2.75, 3.05) is 0 Å². The molecule has 0 aliphatic carbocycles. The Kier molecular flexibility index (Phi) is 32.5. The van der Waals surface area contributed by atoms with Crippen LogP contribution in [0.25, 0.3) is 0 Å². The summed E-state index contributed by atoms with van der Waals surface area (Å²) in [6.07, 6.45) is 1.66. The lowest BCUT2D eigenvalue weighted by molar-refractivity contribution is 0.534. The van der Waals surface area contributed by atoms with E-state index in [1.54, 1.807) is 6.26 Å². The highest BCUT2D eigenvalue weighted by Gasteiger charge is 1.75. The Labute approximate surface area is 77.8 Å². The molecule has 0 aliphatic rings. The number of hydrogen-bond donors (Lipinski definition) is 0. The Bertz CT molecular complexity index is 109. The molecule has 1 aromatic heterocycles. The highest BCUT2D eigenvalue weighted by molar-refractivity contribution is 4.93. The molecular formula is C11H24O. The van der Waals surface area contributed by atoms with E-state index in [1.807, 2.05) is 60.6 Å². The van der Waals surface area contributed by atoms with Crippen LogP contribution in [-0.4, -0.2) is 0 Å². The third-order valence-electron chi connectivity index (χ3n) is 0.663. The van der Waals surface area contributed by atoms with Gasteiger partial charge in [0.25, 0.3) is 0 Å². The Balaban J connectivity index is -0.000000117. The minimum atomic E-state index is 0.968. The molecule has 0 fully saturated rings. The summed E-state index contributed by atoms with van der Waals surface area (Å²) >= 11 is 0. The standard InChI is InChI=1S/C5H6O.3C2H6/c1-5-3-2-4-6-5;3*1-2/h2-4H,1H3;3*1-2H3. The molecule has 0 N–H and O–H groups in total. The van der Waals surface area contributed by atoms with Gasteiger partial charge in [-0.1, -0.05) is 41.5 Å². The molecule has 74 valence electrons. The van der Waals surface area contributed by atoms with Crippen LogP contribution in [0, 0.1) is 6.92 Å². The lowest BCUT2D eigenvalue weighted by Gasteiger charge is -1.69. The predicted molar refractivity (Wildman–Crippen MR) is 57.5 cm³/mol. The first-order chi connectivity index (χ1) is 5.89. The predicted octanol–water partition coefficient (Wildman–Crippen LogP) is 4.67. The number of rotatable bonds is 0. The van der Waals surface area contributed by atoms with Crippen LogP contribution in [0.2, 0.25) is 0 Å². The molecule has 0 spiro atoms. The van der Waals surface area contributed by atoms with Crippen molar-refractivity contribution >= 4 is 0 Å². The van der Waals surface area contributed by atoms with Crippen LogP contribution in [-0.2, 0) is 0 Å². The SMILES string of the molecule is CC.CC.CC.Cc1ccco1. The van der Waals surface area contributed by atoms with Gasteiger partial charge in [-0.15, -0.1) is 0 Å². The smallest absolute Gasteiger partial charge is 0.100 e. The summed E-state index contributed by atoms with van der Waals surface area (Å²) in [6, 6.07) is 3.79. The Morgan fingerprint density at radius 2 is 1.33 bits per heavy atom. The van der Waals surface area contributed by atoms with E-state index in [2.05, 4.69) is 0 Å². The van der Waals surface area contributed by atoms with Crippen molar-refractivity contribution < 1.29 is 4.42 Å². The summed E-state index contributed by atoms with van der Waals surface area (Å²) in [5.74, 6) is 0.968. The average Bonchev–Trinajstić information content (AvgIpc) is 2.66. The first-order valence-corrected chi connectivity index (χ1v) is 4.90. The number of furan rings is 1. The van der Waals surface area contributed by atoms with E-state index in [0.29, 0.717) is 0 Å². The van der Waals surface area contributed by atoms with Gasteiger partial charge in [-0.25, -0.2) is 0 Å². The van der Waals surface area contributed by atoms with E-state index < -0.39 is 0 Å². The molecule has 0 aliphatic heterocycles. The Morgan fingerprint density at radius 1 is 0.917 bits per heavy atom. The fourth-order valence-electron chi connectivity index (χ4n) is 0.361. The molecular weight excluding hydrogens is 148 g/mol. The molecule has 0 bridgehead atoms. The van der Waals surface area contributed by atoms with Gasteiger partial charge in [0, 0.05) is 0 Å². The van der Waals surface area contributed by atoms with E-state index in [-0.39, 0.29) is 0 Å². The van der Waals surface area contributed by atoms with Crippen LogP contribution in [0.3, 0.4) is 0 Å². The van der Waals surface area contributed by atoms with Gasteiger partial charge in [0.15, 0.2) is 0 Å². The van der Waals surface area contributed by atoms with Gasteiger partial charge in [0.1, 0.15) is 5.76 Å². The van der Waals surface area contributed by atoms with Gasteiger partial charge in [0.05, 0.1) is 6.26 Å². The van der Waals surface area contributed by atoms with Gasteiger partial charge in [-0.05, 0) is 19.1 Å². The third kappa shape index (κ3) is 16.1. The van der Waals surface area contributed by atoms with Crippen LogP contribution < -0.4 is 0 Å². The summed E-state index contributed by atoms with van der Waals surface area (Å²) in [7, 11) is 0. The fraction of sp³-hybridized carbons (Fsp3) is 0.636. The van der Waals surface area contributed by atoms with Gasteiger partial charge in [-0.2, -0.15) is 0 Å². The second-order valence-corrected chi connectivity index (χ2v) is 1.22. The van der Waals surface area contributed by atoms with Crippen molar-refractivity contribution in [2.24, 2.45) is 0 Å². The van der Waals surface area contributed by atoms with Gasteiger partial charge >= 0.3 is 0 Å². The van der Waals surface area contributed by atoms with E-state index in [9.17, 15) is 0 Å². The van der Waals surface area contributed by atoms with Crippen molar-refractivity contribution in [3.63, 3.8) is 0 Å². The molecule has 12 heavy (non-hydrogen) atoms. The van der Waals surface area contributed by atoms with Crippen molar-refractivity contribution in [1.82, 2.24) is 0 Å². The topological polar surface area (TPSA) is 13.1 Å². The zero-order chi connectivity index (χ0) is 10.4. The van der Waals surface area contributed by atoms with E-state index in [1.165, 1.54) is 0 Å². The molecule has 1 nitrogen and oxygen atoms in total. The van der Waals surface area contributed by atoms with E-state index in [4.69, 9.17) is 4.42 Å². The van der Waals surface area contributed by atoms with Gasteiger partial charge < -0.3 is 4.42 Å². The first kappa shape index (κ1) is 17.4. The monoisotopic (exact) mass is 172 g/mol. The van der Waals surface area contributed by atoms with Crippen LogP contribution in [0.15, 0.2) is 22.8 Å². The van der Waals surface area contributed by atoms with Crippen LogP contribution in [0.5, 0.6) is 0 Å². The highest BCUT2D eigenvalue weighted by atomic mass is 16.3. The summed E-state index contributed by atoms with van der Waals surface area (Å²) < 4.78 is 4.83. The van der Waals surface area contributed by atoms with Crippen LogP contribution in [0.4, 0.5) is 0 Å². The normalized spacial score (nSPS) is 5.92. The fourth-order valence-corrected chi connectivity index (χ4v) is 0.361. The van der Waals surface area contributed by atoms with E-state index >= 15 is 0 Å². The molecule has 0 atom stereocenters. The largest absolute Gasteiger partial charge is 0.470 e. The molecule has 1 heterocycles. The molecule has 0 saturated carbocycles. The molecule has 0 saturated heterocycles. The van der Waals surface area contributed by atoms with Crippen molar-refractivity contribution in [3.8, 4) is 0 Å². The third-order valence-corrected chi connectivity index (χ3v) is 0.663. The second-order valence-electron chi connectivity index (χ2n) is 1.22. The Morgan fingerprint density at radius 3 is 1.42 bits per heavy atom. The maximum Gasteiger partial charge on any atom is 0.100 e. The summed E-state index contributed by atoms with van der Waals surface area (Å²) in [5, 5.41) is 0. The zero-order valence-electron chi connectivity index (χ0n) is 9.64. The van der Waals surface area contributed by atoms with Gasteiger partial charge in [0.2, 0.25) is 0 Å². The molecule has 1 aromatic rings. The molecule has 0 amide bonds. The zero-order valence-corrected chi connectivity index (χ0v) is 9.64. The van der Waals surface area contributed by atoms with Crippen molar-refractivity contribution in [2.45, 2.75) is 48.5 Å². The number of aryl methyl sites for hydroxylation is 1. The molecule has 1 heteroatoms. The molecule has 0 unspecified atom stereocenters. The lowest BCUT2D eigenvalue weighted by Crippen LogP contribution is -1.48. The van der Waals surface area contributed by atoms with Gasteiger partial charge in [-0.3, -0.25) is 0 Å². The van der Waals surface area contributed by atoms with Crippen LogP contribution in [0.1, 0.15) is 47.3 Å². The van der Waals surface area contributed by atoms with E-state index in [0.717, 1.165) is 5.76 Å². The quantitative estimate of drug-likeness (QED) is 0.554. The molecule has 1 rings (SSSR count). The van der Waals surface area contributed by atoms with Crippen LogP contribution >= 0.6 is 0 Å². The minimum absolute atomic E-state index is 0.968. The maximum absolute atomic E-state index is 4.83. The van der Waals surface area contributed by atoms with Crippen molar-refractivity contribution in [3.05, 3.63) is 24.2 Å². The lowest BCUT2D eigenvalue weighted by atomic mass is 10.5. The Hall–Kier alpha value is -0.720. The first-order valence-electron chi connectivity index (χ1n) is 4.90. The average molecular weight is 172 g/mol. The summed E-state index contributed by atoms with van der Waals surface area (Å²) in [6.45, 7) is 13.9. The second kappa shape index (κ2) is 22.4. The summed E-state index contributed by atoms with van der Waals surface area (Å²) in [4.78, 5) is 0. The van der Waals surface area contributed by atoms with Crippen molar-refractivity contribution in [1.29, 1.82) is 0 Å². The maximum atomic E-state index is 4.83. The summed E-state index contributed by atoms with van der Waals surface area (Å²) in [5.41, 5.74) is 0. The molecule has 0 radical (unpaired) electrons.